The number of nitrogens with zero attached hydrogens (tertiary/aromatic N) is 4. The Morgan fingerprint density at radius 1 is 0.971 bits per heavy atom. The summed E-state index contributed by atoms with van der Waals surface area (Å²) in [5.41, 5.74) is 2.38. The quantitative estimate of drug-likeness (QED) is 0.487. The average molecular weight is 461 g/mol. The molecule has 0 bridgehead atoms. The molecule has 1 aromatic heterocycles. The number of methoxy groups -OCH3 is 2. The van der Waals surface area contributed by atoms with Gasteiger partial charge in [-0.3, -0.25) is 4.79 Å². The van der Waals surface area contributed by atoms with Crippen LogP contribution in [0.2, 0.25) is 0 Å². The largest absolute Gasteiger partial charge is 0.496 e. The van der Waals surface area contributed by atoms with E-state index in [1.54, 1.807) is 20.4 Å². The van der Waals surface area contributed by atoms with Gasteiger partial charge in [0.05, 0.1) is 37.0 Å². The van der Waals surface area contributed by atoms with Crippen molar-refractivity contribution in [1.82, 2.24) is 9.66 Å². The molecule has 1 saturated carbocycles. The van der Waals surface area contributed by atoms with Crippen LogP contribution in [0, 0.1) is 0 Å². The molecular weight excluding hydrogens is 428 g/mol. The van der Waals surface area contributed by atoms with Crippen molar-refractivity contribution in [3.05, 3.63) is 58.1 Å². The first-order valence-corrected chi connectivity index (χ1v) is 12.3. The van der Waals surface area contributed by atoms with Crippen LogP contribution in [0.3, 0.4) is 0 Å². The first kappa shape index (κ1) is 22.4. The third-order valence-corrected chi connectivity index (χ3v) is 7.04. The Balaban J connectivity index is 1.59. The third-order valence-electron chi connectivity index (χ3n) is 7.04. The highest BCUT2D eigenvalue weighted by molar-refractivity contribution is 5.87. The second-order valence-corrected chi connectivity index (χ2v) is 9.14. The van der Waals surface area contributed by atoms with Gasteiger partial charge in [-0.2, -0.15) is 9.78 Å². The smallest absolute Gasteiger partial charge is 0.282 e. The first-order chi connectivity index (χ1) is 16.7. The highest BCUT2D eigenvalue weighted by Gasteiger charge is 2.23. The van der Waals surface area contributed by atoms with Gasteiger partial charge in [0, 0.05) is 30.6 Å². The van der Waals surface area contributed by atoms with Crippen LogP contribution in [0.5, 0.6) is 11.5 Å². The summed E-state index contributed by atoms with van der Waals surface area (Å²) in [6.07, 6.45) is 9.65. The van der Waals surface area contributed by atoms with Gasteiger partial charge >= 0.3 is 0 Å². The van der Waals surface area contributed by atoms with E-state index in [9.17, 15) is 4.79 Å². The summed E-state index contributed by atoms with van der Waals surface area (Å²) < 4.78 is 12.9. The lowest BCUT2D eigenvalue weighted by Gasteiger charge is -2.23. The van der Waals surface area contributed by atoms with Crippen molar-refractivity contribution >= 4 is 22.8 Å². The maximum Gasteiger partial charge on any atom is 0.282 e. The summed E-state index contributed by atoms with van der Waals surface area (Å²) in [7, 11) is 3.34. The topological polar surface area (TPSA) is 69.0 Å². The van der Waals surface area contributed by atoms with Crippen LogP contribution < -0.4 is 19.9 Å². The van der Waals surface area contributed by atoms with Crippen LogP contribution in [0.15, 0.2) is 46.3 Å². The third kappa shape index (κ3) is 4.27. The van der Waals surface area contributed by atoms with Gasteiger partial charge < -0.3 is 14.4 Å². The SMILES string of the molecule is COc1cc(N2CCCC2)c(OC)cc1C=Nn1c(C2CCCCC2)nc2ccccc2c1=O. The van der Waals surface area contributed by atoms with E-state index in [1.165, 1.54) is 23.9 Å². The number of hydrogen-bond donors (Lipinski definition) is 0. The van der Waals surface area contributed by atoms with E-state index in [0.29, 0.717) is 11.1 Å². The molecule has 0 radical (unpaired) electrons. The zero-order valence-corrected chi connectivity index (χ0v) is 20.0. The Morgan fingerprint density at radius 2 is 1.71 bits per heavy atom. The van der Waals surface area contributed by atoms with Gasteiger partial charge in [0.2, 0.25) is 0 Å². The Hall–Kier alpha value is -3.35. The van der Waals surface area contributed by atoms with Crippen LogP contribution in [0.1, 0.15) is 62.3 Å². The Bertz CT molecular complexity index is 1250. The van der Waals surface area contributed by atoms with E-state index in [4.69, 9.17) is 14.5 Å². The number of anilines is 1. The minimum Gasteiger partial charge on any atom is -0.496 e. The minimum absolute atomic E-state index is 0.137. The summed E-state index contributed by atoms with van der Waals surface area (Å²) in [5, 5.41) is 5.26. The molecule has 2 aromatic carbocycles. The molecule has 3 aromatic rings. The zero-order valence-electron chi connectivity index (χ0n) is 20.0. The number of rotatable bonds is 6. The second kappa shape index (κ2) is 9.87. The first-order valence-electron chi connectivity index (χ1n) is 12.3. The van der Waals surface area contributed by atoms with Gasteiger partial charge in [-0.1, -0.05) is 31.4 Å². The van der Waals surface area contributed by atoms with E-state index in [1.807, 2.05) is 36.4 Å². The van der Waals surface area contributed by atoms with Crippen molar-refractivity contribution in [2.45, 2.75) is 50.9 Å². The van der Waals surface area contributed by atoms with Gasteiger partial charge in [-0.25, -0.2) is 4.98 Å². The molecule has 5 rings (SSSR count). The van der Waals surface area contributed by atoms with E-state index >= 15 is 0 Å². The molecule has 1 aliphatic carbocycles. The fraction of sp³-hybridized carbons (Fsp3) is 0.444. The summed E-state index contributed by atoms with van der Waals surface area (Å²) in [5.74, 6) is 2.46. The monoisotopic (exact) mass is 460 g/mol. The van der Waals surface area contributed by atoms with Gasteiger partial charge in [-0.15, -0.1) is 0 Å². The van der Waals surface area contributed by atoms with Crippen LogP contribution in [0.25, 0.3) is 10.9 Å². The molecule has 178 valence electrons. The van der Waals surface area contributed by atoms with Crippen LogP contribution >= 0.6 is 0 Å². The molecular formula is C27H32N4O3. The number of hydrogen-bond acceptors (Lipinski definition) is 6. The van der Waals surface area contributed by atoms with Gasteiger partial charge in [0.25, 0.3) is 5.56 Å². The fourth-order valence-electron chi connectivity index (χ4n) is 5.21. The summed E-state index contributed by atoms with van der Waals surface area (Å²) in [6, 6.07) is 11.5. The highest BCUT2D eigenvalue weighted by Crippen LogP contribution is 2.37. The van der Waals surface area contributed by atoms with Crippen molar-refractivity contribution in [2.24, 2.45) is 5.10 Å². The predicted molar refractivity (Wildman–Crippen MR) is 136 cm³/mol. The zero-order chi connectivity index (χ0) is 23.5. The molecule has 0 unspecified atom stereocenters. The molecule has 2 heterocycles. The molecule has 2 aliphatic rings. The van der Waals surface area contributed by atoms with Gasteiger partial charge in [0.15, 0.2) is 0 Å². The maximum absolute atomic E-state index is 13.5. The van der Waals surface area contributed by atoms with Crippen molar-refractivity contribution < 1.29 is 9.47 Å². The second-order valence-electron chi connectivity index (χ2n) is 9.14. The van der Waals surface area contributed by atoms with Crippen molar-refractivity contribution in [3.63, 3.8) is 0 Å². The Morgan fingerprint density at radius 3 is 2.44 bits per heavy atom. The lowest BCUT2D eigenvalue weighted by Crippen LogP contribution is -2.25. The molecule has 2 fully saturated rings. The van der Waals surface area contributed by atoms with Crippen molar-refractivity contribution in [2.75, 3.05) is 32.2 Å². The van der Waals surface area contributed by atoms with Crippen LogP contribution in [-0.2, 0) is 0 Å². The summed E-state index contributed by atoms with van der Waals surface area (Å²) in [6.45, 7) is 2.02. The average Bonchev–Trinajstić information content (AvgIpc) is 3.43. The van der Waals surface area contributed by atoms with Crippen molar-refractivity contribution in [1.29, 1.82) is 0 Å². The normalized spacial score (nSPS) is 17.1. The molecule has 1 aliphatic heterocycles. The molecule has 1 saturated heterocycles. The highest BCUT2D eigenvalue weighted by atomic mass is 16.5. The van der Waals surface area contributed by atoms with E-state index in [2.05, 4.69) is 10.0 Å². The fourth-order valence-corrected chi connectivity index (χ4v) is 5.21. The Kier molecular flexibility index (Phi) is 6.52. The predicted octanol–water partition coefficient (Wildman–Crippen LogP) is 4.94. The summed E-state index contributed by atoms with van der Waals surface area (Å²) >= 11 is 0. The van der Waals surface area contributed by atoms with E-state index in [0.717, 1.165) is 67.1 Å². The van der Waals surface area contributed by atoms with Gasteiger partial charge in [0.1, 0.15) is 17.3 Å². The number of para-hydroxylation sites is 1. The molecule has 0 N–H and O–H groups in total. The lowest BCUT2D eigenvalue weighted by molar-refractivity contribution is 0.402. The molecule has 34 heavy (non-hydrogen) atoms. The molecule has 0 atom stereocenters. The molecule has 7 heteroatoms. The summed E-state index contributed by atoms with van der Waals surface area (Å²) in [4.78, 5) is 20.7. The maximum atomic E-state index is 13.5. The standard InChI is InChI=1S/C27H32N4O3/c1-33-24-17-23(30-14-8-9-15-30)25(34-2)16-20(24)18-28-31-26(19-10-4-3-5-11-19)29-22-13-7-6-12-21(22)27(31)32/h6-7,12-13,16-19H,3-5,8-11,14-15H2,1-2H3. The van der Waals surface area contributed by atoms with Crippen LogP contribution in [0.4, 0.5) is 5.69 Å². The molecule has 0 amide bonds. The van der Waals surface area contributed by atoms with Crippen molar-refractivity contribution in [3.8, 4) is 11.5 Å². The number of fused-ring (bicyclic) bond motifs is 1. The van der Waals surface area contributed by atoms with Gasteiger partial charge in [-0.05, 0) is 43.9 Å². The lowest BCUT2D eigenvalue weighted by atomic mass is 9.88. The molecule has 7 nitrogen and oxygen atoms in total. The minimum atomic E-state index is -0.137. The van der Waals surface area contributed by atoms with E-state index in [-0.39, 0.29) is 11.5 Å². The Labute approximate surface area is 200 Å². The van der Waals surface area contributed by atoms with E-state index < -0.39 is 0 Å². The number of ether oxygens (including phenoxy) is 2. The van der Waals surface area contributed by atoms with Crippen LogP contribution in [-0.4, -0.2) is 43.2 Å². The molecule has 0 spiro atoms. The number of aromatic nitrogens is 2. The number of benzene rings is 2.